The molecule has 1 N–H and O–H groups in total. The Hall–Kier alpha value is -2.33. The van der Waals surface area contributed by atoms with E-state index in [1.807, 2.05) is 72.7 Å². The van der Waals surface area contributed by atoms with Gasteiger partial charge >= 0.3 is 0 Å². The lowest BCUT2D eigenvalue weighted by molar-refractivity contribution is -0.0237. The number of hydrogen-bond donors (Lipinski definition) is 1. The van der Waals surface area contributed by atoms with Crippen molar-refractivity contribution in [1.82, 2.24) is 10.4 Å². The summed E-state index contributed by atoms with van der Waals surface area (Å²) in [7, 11) is 1.93. The van der Waals surface area contributed by atoms with Gasteiger partial charge in [-0.25, -0.2) is 0 Å². The Morgan fingerprint density at radius 2 is 1.63 bits per heavy atom. The van der Waals surface area contributed by atoms with Crippen molar-refractivity contribution in [2.45, 2.75) is 6.23 Å². The van der Waals surface area contributed by atoms with E-state index in [2.05, 4.69) is 10.6 Å². The van der Waals surface area contributed by atoms with Crippen LogP contribution in [-0.4, -0.2) is 17.9 Å². The number of amidine groups is 1. The molecule has 1 aliphatic heterocycles. The molecule has 0 radical (unpaired) electrons. The number of hydrogen-bond acceptors (Lipinski definition) is 4. The molecule has 2 aromatic rings. The standard InChI is InChI=1S/C15H15N3O/c1-18-14(12-8-4-2-5-9-12)17-19-15(16-18)13-10-6-3-7-11-13/h2-11,15-16H,1H3. The quantitative estimate of drug-likeness (QED) is 0.893. The number of nitrogens with zero attached hydrogens (tertiary/aromatic N) is 2. The average Bonchev–Trinajstić information content (AvgIpc) is 2.49. The number of rotatable bonds is 2. The first kappa shape index (κ1) is 11.7. The molecular formula is C15H15N3O. The third-order valence-electron chi connectivity index (χ3n) is 3.01. The van der Waals surface area contributed by atoms with E-state index in [0.29, 0.717) is 0 Å². The Bertz CT molecular complexity index is 568. The third-order valence-corrected chi connectivity index (χ3v) is 3.01. The molecule has 2 aromatic carbocycles. The van der Waals surface area contributed by atoms with Crippen molar-refractivity contribution in [1.29, 1.82) is 0 Å². The molecule has 1 heterocycles. The second kappa shape index (κ2) is 5.12. The van der Waals surface area contributed by atoms with Gasteiger partial charge in [-0.1, -0.05) is 65.8 Å². The number of oxime groups is 1. The van der Waals surface area contributed by atoms with E-state index in [-0.39, 0.29) is 6.23 Å². The molecule has 0 saturated heterocycles. The van der Waals surface area contributed by atoms with Crippen LogP contribution >= 0.6 is 0 Å². The zero-order chi connectivity index (χ0) is 13.1. The van der Waals surface area contributed by atoms with Gasteiger partial charge in [0.1, 0.15) is 0 Å². The fourth-order valence-electron chi connectivity index (χ4n) is 2.02. The van der Waals surface area contributed by atoms with E-state index >= 15 is 0 Å². The molecule has 0 amide bonds. The summed E-state index contributed by atoms with van der Waals surface area (Å²) in [6.07, 6.45) is -0.251. The molecule has 1 atom stereocenters. The largest absolute Gasteiger partial charge is 0.368 e. The Kier molecular flexibility index (Phi) is 3.16. The summed E-state index contributed by atoms with van der Waals surface area (Å²) in [5.74, 6) is 0.771. The molecule has 0 fully saturated rings. The molecule has 0 aromatic heterocycles. The maximum Gasteiger partial charge on any atom is 0.220 e. The van der Waals surface area contributed by atoms with Gasteiger partial charge in [0, 0.05) is 18.2 Å². The van der Waals surface area contributed by atoms with Crippen molar-refractivity contribution >= 4 is 5.84 Å². The average molecular weight is 253 g/mol. The molecule has 0 spiro atoms. The lowest BCUT2D eigenvalue weighted by Gasteiger charge is -2.31. The minimum atomic E-state index is -0.251. The smallest absolute Gasteiger partial charge is 0.220 e. The van der Waals surface area contributed by atoms with Gasteiger partial charge in [0.2, 0.25) is 6.23 Å². The van der Waals surface area contributed by atoms with Crippen LogP contribution in [0.3, 0.4) is 0 Å². The third kappa shape index (κ3) is 2.44. The molecule has 0 bridgehead atoms. The normalized spacial score (nSPS) is 18.7. The van der Waals surface area contributed by atoms with Crippen LogP contribution in [0.25, 0.3) is 0 Å². The lowest BCUT2D eigenvalue weighted by atomic mass is 10.2. The summed E-state index contributed by atoms with van der Waals surface area (Å²) in [4.78, 5) is 5.54. The molecule has 4 heteroatoms. The van der Waals surface area contributed by atoms with Crippen molar-refractivity contribution in [3.63, 3.8) is 0 Å². The highest BCUT2D eigenvalue weighted by Gasteiger charge is 2.23. The van der Waals surface area contributed by atoms with Crippen molar-refractivity contribution in [2.75, 3.05) is 7.05 Å². The zero-order valence-electron chi connectivity index (χ0n) is 10.7. The molecular weight excluding hydrogens is 238 g/mol. The van der Waals surface area contributed by atoms with Crippen LogP contribution in [0.4, 0.5) is 0 Å². The van der Waals surface area contributed by atoms with Crippen LogP contribution in [0.1, 0.15) is 17.4 Å². The summed E-state index contributed by atoms with van der Waals surface area (Å²) in [6.45, 7) is 0. The summed E-state index contributed by atoms with van der Waals surface area (Å²) in [5, 5.41) is 6.10. The molecule has 1 unspecified atom stereocenters. The van der Waals surface area contributed by atoms with Gasteiger partial charge in [-0.05, 0) is 0 Å². The topological polar surface area (TPSA) is 36.9 Å². The van der Waals surface area contributed by atoms with Crippen molar-refractivity contribution < 1.29 is 4.84 Å². The summed E-state index contributed by atoms with van der Waals surface area (Å²) in [6, 6.07) is 19.9. The first-order valence-corrected chi connectivity index (χ1v) is 6.19. The summed E-state index contributed by atoms with van der Waals surface area (Å²) >= 11 is 0. The highest BCUT2D eigenvalue weighted by molar-refractivity contribution is 5.98. The van der Waals surface area contributed by atoms with Gasteiger partial charge in [-0.15, -0.1) is 0 Å². The highest BCUT2D eigenvalue weighted by Crippen LogP contribution is 2.19. The van der Waals surface area contributed by atoms with Gasteiger partial charge in [0.15, 0.2) is 5.84 Å². The first-order valence-electron chi connectivity index (χ1n) is 6.19. The van der Waals surface area contributed by atoms with Gasteiger partial charge in [0.05, 0.1) is 0 Å². The summed E-state index contributed by atoms with van der Waals surface area (Å²) in [5.41, 5.74) is 5.33. The zero-order valence-corrected chi connectivity index (χ0v) is 10.7. The van der Waals surface area contributed by atoms with E-state index in [9.17, 15) is 0 Å². The number of hydrazine groups is 1. The maximum atomic E-state index is 5.54. The monoisotopic (exact) mass is 253 g/mol. The molecule has 0 saturated carbocycles. The van der Waals surface area contributed by atoms with Crippen LogP contribution in [0, 0.1) is 0 Å². The summed E-state index contributed by atoms with van der Waals surface area (Å²) < 4.78 is 0. The van der Waals surface area contributed by atoms with Crippen molar-refractivity contribution in [3.8, 4) is 0 Å². The fourth-order valence-corrected chi connectivity index (χ4v) is 2.02. The molecule has 1 aliphatic rings. The van der Waals surface area contributed by atoms with Gasteiger partial charge < -0.3 is 4.84 Å². The van der Waals surface area contributed by atoms with Gasteiger partial charge in [0.25, 0.3) is 0 Å². The molecule has 4 nitrogen and oxygen atoms in total. The second-order valence-electron chi connectivity index (χ2n) is 4.37. The van der Waals surface area contributed by atoms with Gasteiger partial charge in [-0.2, -0.15) is 5.43 Å². The lowest BCUT2D eigenvalue weighted by Crippen LogP contribution is -2.46. The Balaban J connectivity index is 1.83. The van der Waals surface area contributed by atoms with Crippen LogP contribution in [-0.2, 0) is 4.84 Å². The van der Waals surface area contributed by atoms with E-state index in [1.165, 1.54) is 0 Å². The van der Waals surface area contributed by atoms with Crippen molar-refractivity contribution in [2.24, 2.45) is 5.16 Å². The molecule has 96 valence electrons. The second-order valence-corrected chi connectivity index (χ2v) is 4.37. The highest BCUT2D eigenvalue weighted by atomic mass is 16.7. The fraction of sp³-hybridized carbons (Fsp3) is 0.133. The maximum absolute atomic E-state index is 5.54. The van der Waals surface area contributed by atoms with Crippen LogP contribution in [0.2, 0.25) is 0 Å². The van der Waals surface area contributed by atoms with Gasteiger partial charge in [-0.3, -0.25) is 5.01 Å². The van der Waals surface area contributed by atoms with E-state index in [1.54, 1.807) is 0 Å². The molecule has 19 heavy (non-hydrogen) atoms. The first-order chi connectivity index (χ1) is 9.34. The predicted octanol–water partition coefficient (Wildman–Crippen LogP) is 2.51. The Labute approximate surface area is 112 Å². The minimum Gasteiger partial charge on any atom is -0.368 e. The van der Waals surface area contributed by atoms with E-state index in [0.717, 1.165) is 17.0 Å². The van der Waals surface area contributed by atoms with E-state index < -0.39 is 0 Å². The van der Waals surface area contributed by atoms with Crippen molar-refractivity contribution in [3.05, 3.63) is 71.8 Å². The van der Waals surface area contributed by atoms with Crippen LogP contribution in [0.15, 0.2) is 65.8 Å². The number of nitrogens with one attached hydrogen (secondary N) is 1. The van der Waals surface area contributed by atoms with Crippen LogP contribution in [0.5, 0.6) is 0 Å². The minimum absolute atomic E-state index is 0.251. The molecule has 3 rings (SSSR count). The Morgan fingerprint density at radius 3 is 2.26 bits per heavy atom. The molecule has 0 aliphatic carbocycles. The SMILES string of the molecule is CN1NC(c2ccccc2)ON=C1c1ccccc1. The number of benzene rings is 2. The Morgan fingerprint density at radius 1 is 1.00 bits per heavy atom. The van der Waals surface area contributed by atoms with Crippen LogP contribution < -0.4 is 5.43 Å². The predicted molar refractivity (Wildman–Crippen MR) is 74.1 cm³/mol. The van der Waals surface area contributed by atoms with E-state index in [4.69, 9.17) is 4.84 Å².